The molecule has 0 saturated heterocycles. The van der Waals surface area contributed by atoms with Gasteiger partial charge in [-0.3, -0.25) is 19.8 Å². The quantitative estimate of drug-likeness (QED) is 0.161. The zero-order valence-electron chi connectivity index (χ0n) is 19.0. The number of anilines is 1. The molecule has 0 unspecified atom stereocenters. The predicted molar refractivity (Wildman–Crippen MR) is 128 cm³/mol. The first-order valence-electron chi connectivity index (χ1n) is 10.5. The lowest BCUT2D eigenvalue weighted by atomic mass is 9.89. The Morgan fingerprint density at radius 3 is 2.51 bits per heavy atom. The molecular formula is C26H18N4O5. The monoisotopic (exact) mass is 466 g/mol. The van der Waals surface area contributed by atoms with Crippen molar-refractivity contribution in [1.82, 2.24) is 0 Å². The molecule has 2 aromatic rings. The van der Waals surface area contributed by atoms with E-state index < -0.39 is 22.3 Å². The maximum atomic E-state index is 13.3. The van der Waals surface area contributed by atoms with E-state index >= 15 is 0 Å². The van der Waals surface area contributed by atoms with Crippen LogP contribution in [0.3, 0.4) is 0 Å². The van der Waals surface area contributed by atoms with Crippen LogP contribution in [0.15, 0.2) is 54.1 Å². The highest BCUT2D eigenvalue weighted by molar-refractivity contribution is 6.36. The number of nitriles is 2. The number of rotatable bonds is 4. The van der Waals surface area contributed by atoms with Crippen molar-refractivity contribution in [2.45, 2.75) is 26.3 Å². The number of carbonyl (C=O) groups is 2. The van der Waals surface area contributed by atoms with E-state index in [-0.39, 0.29) is 22.6 Å². The Labute approximate surface area is 200 Å². The van der Waals surface area contributed by atoms with E-state index in [0.29, 0.717) is 22.4 Å². The van der Waals surface area contributed by atoms with Gasteiger partial charge in [0.1, 0.15) is 23.5 Å². The first kappa shape index (κ1) is 23.1. The molecule has 9 heteroatoms. The van der Waals surface area contributed by atoms with Crippen LogP contribution in [-0.2, 0) is 9.59 Å². The average molecular weight is 466 g/mol. The van der Waals surface area contributed by atoms with Crippen LogP contribution < -0.4 is 9.64 Å². The van der Waals surface area contributed by atoms with Crippen LogP contribution in [0.1, 0.15) is 37.5 Å². The predicted octanol–water partition coefficient (Wildman–Crippen LogP) is 4.56. The molecule has 4 rings (SSSR count). The van der Waals surface area contributed by atoms with Crippen LogP contribution in [0.2, 0.25) is 0 Å². The largest absolute Gasteiger partial charge is 0.423 e. The van der Waals surface area contributed by atoms with Gasteiger partial charge in [-0.25, -0.2) is 4.79 Å². The van der Waals surface area contributed by atoms with Gasteiger partial charge in [-0.15, -0.1) is 0 Å². The maximum Gasteiger partial charge on any atom is 0.336 e. The SMILES string of the molecule is CC1=CC(C)(C)N2C(=O)C(=C(C#N)C#N)c3cc(OC(=O)/C=C/c4cccc([N+](=O)[O-])c4)cc1c32. The first-order valence-corrected chi connectivity index (χ1v) is 10.5. The van der Waals surface area contributed by atoms with Gasteiger partial charge >= 0.3 is 5.97 Å². The average Bonchev–Trinajstić information content (AvgIpc) is 3.10. The number of hydrogen-bond donors (Lipinski definition) is 0. The van der Waals surface area contributed by atoms with Crippen LogP contribution >= 0.6 is 0 Å². The molecule has 0 spiro atoms. The van der Waals surface area contributed by atoms with Gasteiger partial charge in [0.25, 0.3) is 11.6 Å². The second-order valence-electron chi connectivity index (χ2n) is 8.57. The molecule has 2 aliphatic rings. The molecule has 2 heterocycles. The molecule has 9 nitrogen and oxygen atoms in total. The van der Waals surface area contributed by atoms with Crippen molar-refractivity contribution < 1.29 is 19.2 Å². The van der Waals surface area contributed by atoms with E-state index in [1.165, 1.54) is 30.3 Å². The molecule has 0 bridgehead atoms. The van der Waals surface area contributed by atoms with Gasteiger partial charge in [-0.2, -0.15) is 10.5 Å². The van der Waals surface area contributed by atoms with Crippen molar-refractivity contribution in [3.63, 3.8) is 0 Å². The number of nitro groups is 1. The molecular weight excluding hydrogens is 448 g/mol. The van der Waals surface area contributed by atoms with Crippen LogP contribution in [-0.4, -0.2) is 22.3 Å². The van der Waals surface area contributed by atoms with Gasteiger partial charge in [0.05, 0.1) is 21.7 Å². The summed E-state index contributed by atoms with van der Waals surface area (Å²) >= 11 is 0. The molecule has 0 atom stereocenters. The molecule has 2 aromatic carbocycles. The second-order valence-corrected chi connectivity index (χ2v) is 8.57. The molecule has 0 radical (unpaired) electrons. The summed E-state index contributed by atoms with van der Waals surface area (Å²) in [5.41, 5.74) is 1.68. The number of ether oxygens (including phenoxy) is 1. The first-order chi connectivity index (χ1) is 16.6. The summed E-state index contributed by atoms with van der Waals surface area (Å²) in [6, 6.07) is 12.4. The highest BCUT2D eigenvalue weighted by Gasteiger charge is 2.46. The molecule has 0 aromatic heterocycles. The van der Waals surface area contributed by atoms with E-state index in [1.54, 1.807) is 29.2 Å². The van der Waals surface area contributed by atoms with Crippen molar-refractivity contribution in [2.75, 3.05) is 4.90 Å². The molecule has 0 N–H and O–H groups in total. The van der Waals surface area contributed by atoms with Gasteiger partial charge in [-0.05, 0) is 50.1 Å². The molecule has 0 saturated carbocycles. The fourth-order valence-electron chi connectivity index (χ4n) is 4.38. The standard InChI is InChI=1S/C26H18N4O5/c1-15-12-26(2,3)29-24-20(15)10-19(11-21(24)23(25(29)32)17(13-27)14-28)35-22(31)8-7-16-5-4-6-18(9-16)30(33)34/h4-12H,1-3H3/b8-7+. The Kier molecular flexibility index (Phi) is 5.55. The molecule has 172 valence electrons. The summed E-state index contributed by atoms with van der Waals surface area (Å²) in [7, 11) is 0. The lowest BCUT2D eigenvalue weighted by Crippen LogP contribution is -2.46. The van der Waals surface area contributed by atoms with Crippen LogP contribution in [0.4, 0.5) is 11.4 Å². The molecule has 2 aliphatic heterocycles. The number of carbonyl (C=O) groups excluding carboxylic acids is 2. The maximum absolute atomic E-state index is 13.3. The number of esters is 1. The van der Waals surface area contributed by atoms with Gasteiger partial charge < -0.3 is 4.74 Å². The summed E-state index contributed by atoms with van der Waals surface area (Å²) in [5, 5.41) is 29.8. The number of nitrogens with zero attached hydrogens (tertiary/aromatic N) is 4. The normalized spacial score (nSPS) is 15.2. The van der Waals surface area contributed by atoms with E-state index in [1.807, 2.05) is 26.8 Å². The number of allylic oxidation sites excluding steroid dienone is 2. The molecule has 0 fully saturated rings. The fraction of sp³-hybridized carbons (Fsp3) is 0.154. The molecule has 1 amide bonds. The second kappa shape index (κ2) is 8.40. The van der Waals surface area contributed by atoms with Gasteiger partial charge in [0.2, 0.25) is 0 Å². The van der Waals surface area contributed by atoms with Crippen molar-refractivity contribution >= 4 is 40.5 Å². The number of amides is 1. The zero-order chi connectivity index (χ0) is 25.5. The topological polar surface area (TPSA) is 137 Å². The lowest BCUT2D eigenvalue weighted by molar-refractivity contribution is -0.384. The Morgan fingerprint density at radius 2 is 1.86 bits per heavy atom. The Hall–Kier alpha value is -5.02. The summed E-state index contributed by atoms with van der Waals surface area (Å²) in [6.45, 7) is 5.58. The fourth-order valence-corrected chi connectivity index (χ4v) is 4.38. The van der Waals surface area contributed by atoms with E-state index in [0.717, 1.165) is 11.6 Å². The number of nitro benzene ring substituents is 1. The minimum absolute atomic E-state index is 0.0348. The molecule has 35 heavy (non-hydrogen) atoms. The summed E-state index contributed by atoms with van der Waals surface area (Å²) in [4.78, 5) is 37.8. The summed E-state index contributed by atoms with van der Waals surface area (Å²) in [6.07, 6.45) is 4.42. The number of non-ortho nitro benzene ring substituents is 1. The Bertz CT molecular complexity index is 1480. The van der Waals surface area contributed by atoms with Crippen LogP contribution in [0.5, 0.6) is 5.75 Å². The summed E-state index contributed by atoms with van der Waals surface area (Å²) in [5.74, 6) is -1.08. The van der Waals surface area contributed by atoms with Gasteiger partial charge in [0.15, 0.2) is 0 Å². The van der Waals surface area contributed by atoms with E-state index in [9.17, 15) is 30.2 Å². The van der Waals surface area contributed by atoms with Gasteiger partial charge in [-0.1, -0.05) is 18.2 Å². The number of benzene rings is 2. The van der Waals surface area contributed by atoms with Crippen molar-refractivity contribution in [3.05, 3.63) is 80.9 Å². The van der Waals surface area contributed by atoms with Crippen molar-refractivity contribution in [3.8, 4) is 17.9 Å². The third-order valence-corrected chi connectivity index (χ3v) is 5.75. The third-order valence-electron chi connectivity index (χ3n) is 5.75. The minimum Gasteiger partial charge on any atom is -0.423 e. The zero-order valence-corrected chi connectivity index (χ0v) is 19.0. The summed E-state index contributed by atoms with van der Waals surface area (Å²) < 4.78 is 5.47. The smallest absolute Gasteiger partial charge is 0.336 e. The highest BCUT2D eigenvalue weighted by atomic mass is 16.6. The van der Waals surface area contributed by atoms with E-state index in [2.05, 4.69) is 0 Å². The Morgan fingerprint density at radius 1 is 1.17 bits per heavy atom. The minimum atomic E-state index is -0.742. The van der Waals surface area contributed by atoms with Crippen molar-refractivity contribution in [1.29, 1.82) is 10.5 Å². The van der Waals surface area contributed by atoms with Crippen LogP contribution in [0, 0.1) is 32.8 Å². The van der Waals surface area contributed by atoms with E-state index in [4.69, 9.17) is 4.74 Å². The van der Waals surface area contributed by atoms with Crippen molar-refractivity contribution in [2.24, 2.45) is 0 Å². The highest BCUT2D eigenvalue weighted by Crippen LogP contribution is 2.51. The molecule has 0 aliphatic carbocycles. The van der Waals surface area contributed by atoms with Crippen LogP contribution in [0.25, 0.3) is 17.2 Å². The van der Waals surface area contributed by atoms with Gasteiger partial charge in [0, 0.05) is 29.3 Å². The third kappa shape index (κ3) is 3.96. The lowest BCUT2D eigenvalue weighted by Gasteiger charge is -2.38. The number of hydrogen-bond acceptors (Lipinski definition) is 7. The Balaban J connectivity index is 1.75.